The van der Waals surface area contributed by atoms with Crippen molar-refractivity contribution in [3.05, 3.63) is 11.8 Å². The second-order valence-electron chi connectivity index (χ2n) is 2.78. The quantitative estimate of drug-likeness (QED) is 0.325. The zero-order chi connectivity index (χ0) is 10.9. The Hall–Kier alpha value is -1.85. The first-order valence-electron chi connectivity index (χ1n) is 3.83. The molecule has 1 saturated heterocycles. The molecule has 76 valence electrons. The molecule has 0 aromatic carbocycles. The molecular formula is C8H10N2O4. The summed E-state index contributed by atoms with van der Waals surface area (Å²) >= 11 is 0. The van der Waals surface area contributed by atoms with Crippen LogP contribution in [0.2, 0.25) is 0 Å². The van der Waals surface area contributed by atoms with Gasteiger partial charge in [-0.1, -0.05) is 0 Å². The van der Waals surface area contributed by atoms with E-state index in [2.05, 4.69) is 4.74 Å². The number of imide groups is 2. The maximum atomic E-state index is 11.4. The van der Waals surface area contributed by atoms with Gasteiger partial charge in [0, 0.05) is 14.1 Å². The van der Waals surface area contributed by atoms with Gasteiger partial charge in [-0.05, 0) is 0 Å². The molecule has 14 heavy (non-hydrogen) atoms. The average molecular weight is 198 g/mol. The number of hydrogen-bond donors (Lipinski definition) is 0. The van der Waals surface area contributed by atoms with Crippen molar-refractivity contribution in [3.8, 4) is 0 Å². The van der Waals surface area contributed by atoms with Crippen molar-refractivity contribution in [2.24, 2.45) is 0 Å². The van der Waals surface area contributed by atoms with Gasteiger partial charge >= 0.3 is 6.03 Å². The van der Waals surface area contributed by atoms with Gasteiger partial charge in [0.05, 0.1) is 7.11 Å². The van der Waals surface area contributed by atoms with E-state index < -0.39 is 17.8 Å². The van der Waals surface area contributed by atoms with Crippen LogP contribution < -0.4 is 0 Å². The number of ether oxygens (including phenoxy) is 1. The van der Waals surface area contributed by atoms with Gasteiger partial charge in [-0.15, -0.1) is 0 Å². The number of amides is 4. The standard InChI is InChI=1S/C8H10N2O4/c1-9-6(11)5(4-14-3)7(12)10(2)8(9)13/h4H,1-3H3. The highest BCUT2D eigenvalue weighted by Crippen LogP contribution is 2.13. The van der Waals surface area contributed by atoms with E-state index in [4.69, 9.17) is 0 Å². The van der Waals surface area contributed by atoms with Gasteiger partial charge in [-0.2, -0.15) is 0 Å². The molecule has 6 nitrogen and oxygen atoms in total. The Balaban J connectivity index is 3.11. The van der Waals surface area contributed by atoms with Gasteiger partial charge in [0.25, 0.3) is 11.8 Å². The summed E-state index contributed by atoms with van der Waals surface area (Å²) in [6.07, 6.45) is 1.03. The maximum Gasteiger partial charge on any atom is 0.333 e. The lowest BCUT2D eigenvalue weighted by Gasteiger charge is -2.28. The number of nitrogens with zero attached hydrogens (tertiary/aromatic N) is 2. The molecule has 1 aliphatic rings. The van der Waals surface area contributed by atoms with Crippen molar-refractivity contribution >= 4 is 17.8 Å². The summed E-state index contributed by atoms with van der Waals surface area (Å²) < 4.78 is 4.59. The molecule has 0 atom stereocenters. The minimum atomic E-state index is -0.653. The van der Waals surface area contributed by atoms with Crippen molar-refractivity contribution in [2.45, 2.75) is 0 Å². The number of barbiturate groups is 1. The third-order valence-electron chi connectivity index (χ3n) is 1.88. The smallest absolute Gasteiger partial charge is 0.333 e. The molecular weight excluding hydrogens is 188 g/mol. The number of methoxy groups -OCH3 is 1. The minimum Gasteiger partial charge on any atom is -0.503 e. The summed E-state index contributed by atoms with van der Waals surface area (Å²) in [6.45, 7) is 0. The second kappa shape index (κ2) is 3.49. The van der Waals surface area contributed by atoms with Crippen LogP contribution in [0.3, 0.4) is 0 Å². The lowest BCUT2D eigenvalue weighted by molar-refractivity contribution is -0.134. The van der Waals surface area contributed by atoms with Crippen LogP contribution in [-0.2, 0) is 14.3 Å². The van der Waals surface area contributed by atoms with E-state index in [-0.39, 0.29) is 5.57 Å². The number of carbonyl (C=O) groups excluding carboxylic acids is 3. The van der Waals surface area contributed by atoms with E-state index in [1.165, 1.54) is 21.2 Å². The average Bonchev–Trinajstić information content (AvgIpc) is 2.19. The predicted molar refractivity (Wildman–Crippen MR) is 46.0 cm³/mol. The highest BCUT2D eigenvalue weighted by molar-refractivity contribution is 6.28. The molecule has 0 bridgehead atoms. The molecule has 0 saturated carbocycles. The van der Waals surface area contributed by atoms with E-state index in [9.17, 15) is 14.4 Å². The molecule has 1 aliphatic heterocycles. The van der Waals surface area contributed by atoms with E-state index in [0.717, 1.165) is 16.1 Å². The number of urea groups is 1. The molecule has 6 heteroatoms. The fourth-order valence-corrected chi connectivity index (χ4v) is 1.07. The van der Waals surface area contributed by atoms with Crippen molar-refractivity contribution in [1.29, 1.82) is 0 Å². The first-order chi connectivity index (χ1) is 6.50. The Labute approximate surface area is 80.7 Å². The minimum absolute atomic E-state index is 0.155. The number of carbonyl (C=O) groups is 3. The fraction of sp³-hybridized carbons (Fsp3) is 0.375. The third kappa shape index (κ3) is 1.34. The topological polar surface area (TPSA) is 66.9 Å². The van der Waals surface area contributed by atoms with Crippen LogP contribution in [0.1, 0.15) is 0 Å². The summed E-state index contributed by atoms with van der Waals surface area (Å²) in [5.41, 5.74) is -0.155. The largest absolute Gasteiger partial charge is 0.503 e. The monoisotopic (exact) mass is 198 g/mol. The fourth-order valence-electron chi connectivity index (χ4n) is 1.07. The molecule has 0 aromatic rings. The lowest BCUT2D eigenvalue weighted by atomic mass is 10.2. The number of rotatable bonds is 1. The second-order valence-corrected chi connectivity index (χ2v) is 2.78. The summed E-state index contributed by atoms with van der Waals surface area (Å²) in [7, 11) is 3.93. The summed E-state index contributed by atoms with van der Waals surface area (Å²) in [6, 6.07) is -0.645. The molecule has 1 heterocycles. The number of likely N-dealkylation sites (N-methyl/N-ethyl adjacent to an activating group) is 2. The van der Waals surface area contributed by atoms with Gasteiger partial charge in [0.2, 0.25) is 0 Å². The van der Waals surface area contributed by atoms with Crippen molar-refractivity contribution < 1.29 is 19.1 Å². The molecule has 4 amide bonds. The summed E-state index contributed by atoms with van der Waals surface area (Å²) in [4.78, 5) is 35.7. The van der Waals surface area contributed by atoms with Crippen LogP contribution in [0.4, 0.5) is 4.79 Å². The Morgan fingerprint density at radius 3 is 1.86 bits per heavy atom. The highest BCUT2D eigenvalue weighted by atomic mass is 16.5. The van der Waals surface area contributed by atoms with Gasteiger partial charge in [0.15, 0.2) is 0 Å². The number of hydrogen-bond acceptors (Lipinski definition) is 4. The van der Waals surface area contributed by atoms with Crippen molar-refractivity contribution in [3.63, 3.8) is 0 Å². The normalized spacial score (nSPS) is 17.6. The van der Waals surface area contributed by atoms with Gasteiger partial charge < -0.3 is 4.74 Å². The Bertz CT molecular complexity index is 308. The first-order valence-corrected chi connectivity index (χ1v) is 3.83. The van der Waals surface area contributed by atoms with Crippen LogP contribution >= 0.6 is 0 Å². The summed E-state index contributed by atoms with van der Waals surface area (Å²) in [5, 5.41) is 0. The molecule has 1 rings (SSSR count). The third-order valence-corrected chi connectivity index (χ3v) is 1.88. The molecule has 0 N–H and O–H groups in total. The zero-order valence-corrected chi connectivity index (χ0v) is 8.10. The van der Waals surface area contributed by atoms with E-state index in [1.807, 2.05) is 0 Å². The van der Waals surface area contributed by atoms with Crippen molar-refractivity contribution in [1.82, 2.24) is 9.80 Å². The Morgan fingerprint density at radius 1 is 1.07 bits per heavy atom. The SMILES string of the molecule is COC=C1C(=O)N(C)C(=O)N(C)C1=O. The molecule has 1 fully saturated rings. The van der Waals surface area contributed by atoms with Gasteiger partial charge in [-0.3, -0.25) is 19.4 Å². The van der Waals surface area contributed by atoms with Crippen LogP contribution in [-0.4, -0.2) is 48.9 Å². The molecule has 0 unspecified atom stereocenters. The maximum absolute atomic E-state index is 11.4. The van der Waals surface area contributed by atoms with E-state index in [1.54, 1.807) is 0 Å². The van der Waals surface area contributed by atoms with Crippen LogP contribution in [0.15, 0.2) is 11.8 Å². The zero-order valence-electron chi connectivity index (χ0n) is 8.10. The van der Waals surface area contributed by atoms with Crippen LogP contribution in [0.5, 0.6) is 0 Å². The van der Waals surface area contributed by atoms with E-state index in [0.29, 0.717) is 0 Å². The Kier molecular flexibility index (Phi) is 2.55. The summed E-state index contributed by atoms with van der Waals surface area (Å²) in [5.74, 6) is -1.31. The molecule has 0 radical (unpaired) electrons. The first kappa shape index (κ1) is 10.2. The van der Waals surface area contributed by atoms with Crippen LogP contribution in [0, 0.1) is 0 Å². The van der Waals surface area contributed by atoms with E-state index >= 15 is 0 Å². The lowest BCUT2D eigenvalue weighted by Crippen LogP contribution is -2.53. The van der Waals surface area contributed by atoms with Crippen molar-refractivity contribution in [2.75, 3.05) is 21.2 Å². The highest BCUT2D eigenvalue weighted by Gasteiger charge is 2.38. The predicted octanol–water partition coefficient (Wildman–Crippen LogP) is -0.433. The Morgan fingerprint density at radius 2 is 1.50 bits per heavy atom. The van der Waals surface area contributed by atoms with Gasteiger partial charge in [0.1, 0.15) is 11.8 Å². The molecule has 0 aliphatic carbocycles. The van der Waals surface area contributed by atoms with Crippen LogP contribution in [0.25, 0.3) is 0 Å². The molecule has 0 spiro atoms. The molecule has 0 aromatic heterocycles. The van der Waals surface area contributed by atoms with Gasteiger partial charge in [-0.25, -0.2) is 4.79 Å².